The van der Waals surface area contributed by atoms with Crippen molar-refractivity contribution in [1.82, 2.24) is 19.7 Å². The summed E-state index contributed by atoms with van der Waals surface area (Å²) in [5.74, 6) is 2.98. The molecule has 4 aromatic rings. The third-order valence-electron chi connectivity index (χ3n) is 4.83. The molecule has 0 saturated heterocycles. The van der Waals surface area contributed by atoms with Crippen LogP contribution in [-0.4, -0.2) is 26.5 Å². The van der Waals surface area contributed by atoms with E-state index in [2.05, 4.69) is 57.9 Å². The second kappa shape index (κ2) is 8.56. The number of hydrogen-bond donors (Lipinski definition) is 0. The van der Waals surface area contributed by atoms with E-state index in [4.69, 9.17) is 14.5 Å². The molecule has 0 fully saturated rings. The fraction of sp³-hybridized carbons (Fsp3) is 0.174. The number of ether oxygens (including phenoxy) is 2. The van der Waals surface area contributed by atoms with Crippen molar-refractivity contribution in [3.05, 3.63) is 71.8 Å². The Balaban J connectivity index is 1.36. The Morgan fingerprint density at radius 3 is 2.90 bits per heavy atom. The largest absolute Gasteiger partial charge is 0.454 e. The second-order valence-electron chi connectivity index (χ2n) is 7.08. The predicted octanol–water partition coefficient (Wildman–Crippen LogP) is 5.58. The SMILES string of the molecule is C=CCn1c(SCc2csc(-c3cccc(C)c3)n2)nnc1-c1ccc2c(c1)OCO2. The minimum atomic E-state index is 0.247. The number of hydrogen-bond acceptors (Lipinski definition) is 7. The Labute approximate surface area is 188 Å². The molecule has 0 spiro atoms. The number of aryl methyl sites for hydroxylation is 1. The van der Waals surface area contributed by atoms with Crippen molar-refractivity contribution in [2.75, 3.05) is 6.79 Å². The zero-order valence-corrected chi connectivity index (χ0v) is 18.6. The van der Waals surface area contributed by atoms with Crippen LogP contribution in [0.15, 0.2) is 65.7 Å². The number of benzene rings is 2. The summed E-state index contributed by atoms with van der Waals surface area (Å²) in [6.07, 6.45) is 1.85. The van der Waals surface area contributed by atoms with Gasteiger partial charge in [0.05, 0.1) is 5.69 Å². The first-order chi connectivity index (χ1) is 15.2. The van der Waals surface area contributed by atoms with Crippen molar-refractivity contribution in [2.45, 2.75) is 24.4 Å². The normalized spacial score (nSPS) is 12.3. The summed E-state index contributed by atoms with van der Waals surface area (Å²) in [7, 11) is 0. The summed E-state index contributed by atoms with van der Waals surface area (Å²) in [5.41, 5.74) is 4.35. The van der Waals surface area contributed by atoms with Gasteiger partial charge in [0.25, 0.3) is 0 Å². The molecule has 0 N–H and O–H groups in total. The van der Waals surface area contributed by atoms with E-state index in [1.54, 1.807) is 23.1 Å². The van der Waals surface area contributed by atoms with Crippen molar-refractivity contribution in [3.8, 4) is 33.5 Å². The summed E-state index contributed by atoms with van der Waals surface area (Å²) >= 11 is 3.29. The molecule has 0 atom stereocenters. The first-order valence-electron chi connectivity index (χ1n) is 9.79. The Morgan fingerprint density at radius 2 is 2.03 bits per heavy atom. The van der Waals surface area contributed by atoms with Crippen molar-refractivity contribution in [1.29, 1.82) is 0 Å². The summed E-state index contributed by atoms with van der Waals surface area (Å²) in [4.78, 5) is 4.81. The summed E-state index contributed by atoms with van der Waals surface area (Å²) in [6.45, 7) is 6.85. The molecule has 0 amide bonds. The number of allylic oxidation sites excluding steroid dienone is 1. The standard InChI is InChI=1S/C23H20N4O2S2/c1-3-9-27-21(16-7-8-19-20(11-16)29-14-28-19)25-26-23(27)31-13-18-12-30-22(24-18)17-6-4-5-15(2)10-17/h3-8,10-12H,1,9,13-14H2,2H3. The summed E-state index contributed by atoms with van der Waals surface area (Å²) in [5, 5.41) is 12.8. The first-order valence-corrected chi connectivity index (χ1v) is 11.7. The molecular weight excluding hydrogens is 428 g/mol. The average molecular weight is 449 g/mol. The van der Waals surface area contributed by atoms with Gasteiger partial charge in [-0.3, -0.25) is 4.57 Å². The second-order valence-corrected chi connectivity index (χ2v) is 8.88. The van der Waals surface area contributed by atoms with Gasteiger partial charge >= 0.3 is 0 Å². The Kier molecular flexibility index (Phi) is 5.48. The first kappa shape index (κ1) is 19.8. The summed E-state index contributed by atoms with van der Waals surface area (Å²) in [6, 6.07) is 14.2. The average Bonchev–Trinajstić information content (AvgIpc) is 3.52. The predicted molar refractivity (Wildman–Crippen MR) is 124 cm³/mol. The van der Waals surface area contributed by atoms with Gasteiger partial charge in [0.2, 0.25) is 6.79 Å². The fourth-order valence-electron chi connectivity index (χ4n) is 3.36. The van der Waals surface area contributed by atoms with Gasteiger partial charge in [0.15, 0.2) is 22.5 Å². The van der Waals surface area contributed by atoms with Crippen LogP contribution >= 0.6 is 23.1 Å². The van der Waals surface area contributed by atoms with Crippen LogP contribution in [-0.2, 0) is 12.3 Å². The van der Waals surface area contributed by atoms with Crippen LogP contribution in [0.25, 0.3) is 22.0 Å². The van der Waals surface area contributed by atoms with Gasteiger partial charge in [0.1, 0.15) is 5.01 Å². The Bertz CT molecular complexity index is 1250. The van der Waals surface area contributed by atoms with E-state index in [9.17, 15) is 0 Å². The maximum atomic E-state index is 5.51. The monoisotopic (exact) mass is 448 g/mol. The lowest BCUT2D eigenvalue weighted by Crippen LogP contribution is -2.00. The van der Waals surface area contributed by atoms with Crippen LogP contribution in [0.2, 0.25) is 0 Å². The lowest BCUT2D eigenvalue weighted by Gasteiger charge is -2.08. The highest BCUT2D eigenvalue weighted by atomic mass is 32.2. The minimum absolute atomic E-state index is 0.247. The van der Waals surface area contributed by atoms with Gasteiger partial charge in [-0.05, 0) is 31.2 Å². The lowest BCUT2D eigenvalue weighted by molar-refractivity contribution is 0.174. The summed E-state index contributed by atoms with van der Waals surface area (Å²) < 4.78 is 13.0. The Morgan fingerprint density at radius 1 is 1.13 bits per heavy atom. The van der Waals surface area contributed by atoms with Crippen molar-refractivity contribution >= 4 is 23.1 Å². The van der Waals surface area contributed by atoms with E-state index in [1.165, 1.54) is 5.56 Å². The van der Waals surface area contributed by atoms with E-state index in [0.29, 0.717) is 6.54 Å². The van der Waals surface area contributed by atoms with Gasteiger partial charge in [-0.2, -0.15) is 0 Å². The zero-order chi connectivity index (χ0) is 21.2. The van der Waals surface area contributed by atoms with Gasteiger partial charge in [0, 0.05) is 28.8 Å². The van der Waals surface area contributed by atoms with Crippen molar-refractivity contribution in [2.24, 2.45) is 0 Å². The molecular formula is C23H20N4O2S2. The minimum Gasteiger partial charge on any atom is -0.454 e. The molecule has 2 aromatic heterocycles. The van der Waals surface area contributed by atoms with E-state index < -0.39 is 0 Å². The molecule has 5 rings (SSSR count). The molecule has 3 heterocycles. The van der Waals surface area contributed by atoms with Crippen LogP contribution < -0.4 is 9.47 Å². The zero-order valence-electron chi connectivity index (χ0n) is 16.9. The number of aromatic nitrogens is 4. The van der Waals surface area contributed by atoms with E-state index in [1.807, 2.05) is 24.3 Å². The van der Waals surface area contributed by atoms with Gasteiger partial charge in [-0.1, -0.05) is 41.6 Å². The lowest BCUT2D eigenvalue weighted by atomic mass is 10.1. The van der Waals surface area contributed by atoms with Crippen LogP contribution in [0.4, 0.5) is 0 Å². The smallest absolute Gasteiger partial charge is 0.231 e. The molecule has 31 heavy (non-hydrogen) atoms. The van der Waals surface area contributed by atoms with E-state index in [-0.39, 0.29) is 6.79 Å². The van der Waals surface area contributed by atoms with Crippen molar-refractivity contribution < 1.29 is 9.47 Å². The number of thioether (sulfide) groups is 1. The molecule has 6 nitrogen and oxygen atoms in total. The molecule has 1 aliphatic heterocycles. The molecule has 2 aromatic carbocycles. The quantitative estimate of drug-likeness (QED) is 0.272. The molecule has 1 aliphatic rings. The maximum Gasteiger partial charge on any atom is 0.231 e. The fourth-order valence-corrected chi connectivity index (χ4v) is 5.12. The number of fused-ring (bicyclic) bond motifs is 1. The topological polar surface area (TPSA) is 62.1 Å². The number of rotatable bonds is 7. The Hall–Kier alpha value is -3.10. The number of nitrogens with zero attached hydrogens (tertiary/aromatic N) is 4. The number of thiazole rings is 1. The van der Waals surface area contributed by atoms with Crippen LogP contribution in [0.1, 0.15) is 11.3 Å². The maximum absolute atomic E-state index is 5.51. The molecule has 0 aliphatic carbocycles. The van der Waals surface area contributed by atoms with Crippen LogP contribution in [0.3, 0.4) is 0 Å². The van der Waals surface area contributed by atoms with E-state index in [0.717, 1.165) is 50.1 Å². The molecule has 0 unspecified atom stereocenters. The molecule has 0 saturated carbocycles. The molecule has 0 radical (unpaired) electrons. The highest BCUT2D eigenvalue weighted by molar-refractivity contribution is 7.98. The van der Waals surface area contributed by atoms with Gasteiger partial charge in [-0.15, -0.1) is 28.1 Å². The molecule has 8 heteroatoms. The van der Waals surface area contributed by atoms with E-state index >= 15 is 0 Å². The van der Waals surface area contributed by atoms with Crippen LogP contribution in [0, 0.1) is 6.92 Å². The van der Waals surface area contributed by atoms with Crippen molar-refractivity contribution in [3.63, 3.8) is 0 Å². The van der Waals surface area contributed by atoms with Crippen LogP contribution in [0.5, 0.6) is 11.5 Å². The highest BCUT2D eigenvalue weighted by Gasteiger charge is 2.19. The third kappa shape index (κ3) is 4.08. The third-order valence-corrected chi connectivity index (χ3v) is 6.77. The van der Waals surface area contributed by atoms with Gasteiger partial charge < -0.3 is 9.47 Å². The van der Waals surface area contributed by atoms with Gasteiger partial charge in [-0.25, -0.2) is 4.98 Å². The molecule has 156 valence electrons. The molecule has 0 bridgehead atoms. The highest BCUT2D eigenvalue weighted by Crippen LogP contribution is 2.36.